The van der Waals surface area contributed by atoms with Crippen LogP contribution in [0.25, 0.3) is 11.0 Å². The Bertz CT molecular complexity index is 440. The fourth-order valence-corrected chi connectivity index (χ4v) is 0.967. The molecule has 1 N–H and O–H groups in total. The van der Waals surface area contributed by atoms with Gasteiger partial charge in [-0.1, -0.05) is 6.07 Å². The fourth-order valence-electron chi connectivity index (χ4n) is 0.967. The predicted molar refractivity (Wildman–Crippen MR) is 38.2 cm³/mol. The van der Waals surface area contributed by atoms with Gasteiger partial charge in [0.25, 0.3) is 0 Å². The van der Waals surface area contributed by atoms with Crippen LogP contribution in [-0.4, -0.2) is 21.4 Å². The Kier molecular flexibility index (Phi) is 3.57. The monoisotopic (exact) mass is 201 g/mol. The summed E-state index contributed by atoms with van der Waals surface area (Å²) in [4.78, 5) is 10.4. The van der Waals surface area contributed by atoms with Gasteiger partial charge in [0.2, 0.25) is 0 Å². The number of carboxylic acid groups (broad SMARTS) is 1. The summed E-state index contributed by atoms with van der Waals surface area (Å²) < 4.78 is 0. The van der Waals surface area contributed by atoms with Gasteiger partial charge in [-0.15, -0.1) is 0 Å². The Hall–Kier alpha value is -0.274. The molecule has 0 atom stereocenters. The third-order valence-electron chi connectivity index (χ3n) is 1.55. The molecule has 6 heteroatoms. The summed E-state index contributed by atoms with van der Waals surface area (Å²) in [7, 11) is 0. The second-order valence-electron chi connectivity index (χ2n) is 2.31. The summed E-state index contributed by atoms with van der Waals surface area (Å²) in [5.74, 6) is -1.21. The normalized spacial score (nSPS) is 9.54. The first-order chi connectivity index (χ1) is 5.77. The Balaban J connectivity index is 0.000000845. The van der Waals surface area contributed by atoms with Crippen LogP contribution in [0.2, 0.25) is 0 Å². The van der Waals surface area contributed by atoms with Crippen LogP contribution in [-0.2, 0) is 0 Å². The molecule has 0 bridgehead atoms. The van der Waals surface area contributed by atoms with Crippen molar-refractivity contribution in [3.63, 3.8) is 0 Å². The van der Waals surface area contributed by atoms with Crippen molar-refractivity contribution in [3.05, 3.63) is 23.8 Å². The molecule has 0 spiro atoms. The molecule has 0 unspecified atom stereocenters. The van der Waals surface area contributed by atoms with Gasteiger partial charge in [-0.25, -0.2) is 0 Å². The van der Waals surface area contributed by atoms with E-state index in [4.69, 9.17) is 0 Å². The van der Waals surface area contributed by atoms with Crippen molar-refractivity contribution in [2.24, 2.45) is 0 Å². The number of carboxylic acids is 1. The number of fused-ring (bicyclic) bond motifs is 1. The van der Waals surface area contributed by atoms with E-state index >= 15 is 0 Å². The van der Waals surface area contributed by atoms with Crippen LogP contribution in [0.1, 0.15) is 10.4 Å². The number of H-pyrrole nitrogens is 1. The van der Waals surface area contributed by atoms with Crippen LogP contribution in [0.3, 0.4) is 0 Å². The van der Waals surface area contributed by atoms with Crippen molar-refractivity contribution in [2.45, 2.75) is 0 Å². The molecule has 60 valence electrons. The van der Waals surface area contributed by atoms with E-state index in [9.17, 15) is 9.90 Å². The number of aromatic amines is 1. The maximum atomic E-state index is 10.4. The largest absolute Gasteiger partial charge is 1.00 e. The number of hydrogen-bond donors (Lipinski definition) is 1. The van der Waals surface area contributed by atoms with Crippen molar-refractivity contribution in [2.75, 3.05) is 0 Å². The van der Waals surface area contributed by atoms with Crippen molar-refractivity contribution in [1.29, 1.82) is 0 Å². The second-order valence-corrected chi connectivity index (χ2v) is 2.31. The number of carbonyl (C=O) groups is 1. The van der Waals surface area contributed by atoms with E-state index < -0.39 is 5.97 Å². The molecule has 0 amide bonds. The van der Waals surface area contributed by atoms with E-state index in [1.165, 1.54) is 12.1 Å². The molecular weight excluding hydrogens is 197 g/mol. The maximum Gasteiger partial charge on any atom is 1.00 e. The zero-order chi connectivity index (χ0) is 8.55. The number of nitrogens with one attached hydrogen (secondary N) is 1. The SMILES string of the molecule is O=C([O-])c1ccc2n[nH]nc2c1.[K+]. The van der Waals surface area contributed by atoms with E-state index in [1.807, 2.05) is 0 Å². The van der Waals surface area contributed by atoms with Crippen LogP contribution in [0, 0.1) is 0 Å². The number of nitrogens with zero attached hydrogens (tertiary/aromatic N) is 2. The fraction of sp³-hybridized carbons (Fsp3) is 0. The van der Waals surface area contributed by atoms with E-state index in [-0.39, 0.29) is 56.9 Å². The Labute approximate surface area is 116 Å². The van der Waals surface area contributed by atoms with Gasteiger partial charge in [0, 0.05) is 0 Å². The van der Waals surface area contributed by atoms with Crippen LogP contribution >= 0.6 is 0 Å². The van der Waals surface area contributed by atoms with Crippen molar-refractivity contribution < 1.29 is 61.3 Å². The molecule has 0 radical (unpaired) electrons. The third kappa shape index (κ3) is 2.15. The van der Waals surface area contributed by atoms with E-state index in [2.05, 4.69) is 15.4 Å². The van der Waals surface area contributed by atoms with Crippen molar-refractivity contribution in [1.82, 2.24) is 15.4 Å². The average Bonchev–Trinajstić information content (AvgIpc) is 2.49. The average molecular weight is 201 g/mol. The molecule has 1 aromatic carbocycles. The first kappa shape index (κ1) is 10.8. The summed E-state index contributed by atoms with van der Waals surface area (Å²) in [6, 6.07) is 4.41. The predicted octanol–water partition coefficient (Wildman–Crippen LogP) is -3.67. The summed E-state index contributed by atoms with van der Waals surface area (Å²) in [5.41, 5.74) is 1.27. The molecule has 0 saturated carbocycles. The summed E-state index contributed by atoms with van der Waals surface area (Å²) in [6.07, 6.45) is 0. The van der Waals surface area contributed by atoms with E-state index in [1.54, 1.807) is 6.07 Å². The Morgan fingerprint density at radius 2 is 2.00 bits per heavy atom. The van der Waals surface area contributed by atoms with Crippen LogP contribution < -0.4 is 56.5 Å². The van der Waals surface area contributed by atoms with E-state index in [0.717, 1.165) is 0 Å². The molecule has 0 fully saturated rings. The minimum absolute atomic E-state index is 0. The topological polar surface area (TPSA) is 81.7 Å². The quantitative estimate of drug-likeness (QED) is 0.482. The second kappa shape index (κ2) is 4.29. The van der Waals surface area contributed by atoms with Gasteiger partial charge in [-0.2, -0.15) is 15.4 Å². The number of rotatable bonds is 1. The van der Waals surface area contributed by atoms with Crippen LogP contribution in [0.15, 0.2) is 18.2 Å². The van der Waals surface area contributed by atoms with Crippen LogP contribution in [0.5, 0.6) is 0 Å². The molecule has 1 aromatic heterocycles. The van der Waals surface area contributed by atoms with E-state index in [0.29, 0.717) is 11.0 Å². The Morgan fingerprint density at radius 3 is 2.69 bits per heavy atom. The zero-order valence-corrected chi connectivity index (χ0v) is 10.1. The minimum atomic E-state index is -1.21. The molecule has 2 aromatic rings. The molecule has 0 aliphatic carbocycles. The molecule has 0 saturated heterocycles. The Morgan fingerprint density at radius 1 is 1.31 bits per heavy atom. The molecule has 13 heavy (non-hydrogen) atoms. The zero-order valence-electron chi connectivity index (χ0n) is 6.94. The number of carbonyl (C=O) groups excluding carboxylic acids is 1. The van der Waals surface area contributed by atoms with Crippen LogP contribution in [0.4, 0.5) is 0 Å². The smallest absolute Gasteiger partial charge is 0.545 e. The van der Waals surface area contributed by atoms with Gasteiger partial charge in [-0.05, 0) is 17.7 Å². The molecule has 1 heterocycles. The maximum absolute atomic E-state index is 10.4. The molecule has 0 aliphatic rings. The van der Waals surface area contributed by atoms with Gasteiger partial charge in [0.1, 0.15) is 11.0 Å². The molecule has 0 aliphatic heterocycles. The number of hydrogen-bond acceptors (Lipinski definition) is 4. The molecular formula is C7H4KN3O2. The third-order valence-corrected chi connectivity index (χ3v) is 1.55. The number of aromatic nitrogens is 3. The minimum Gasteiger partial charge on any atom is -0.545 e. The van der Waals surface area contributed by atoms with Gasteiger partial charge in [0.15, 0.2) is 0 Å². The van der Waals surface area contributed by atoms with Gasteiger partial charge < -0.3 is 9.90 Å². The standard InChI is InChI=1S/C7H5N3O2.K/c11-7(12)4-1-2-5-6(3-4)9-10-8-5;/h1-3H,(H,11,12)(H,8,9,10);/q;+1/p-1. The van der Waals surface area contributed by atoms with Crippen molar-refractivity contribution >= 4 is 17.0 Å². The number of benzene rings is 1. The van der Waals surface area contributed by atoms with Crippen molar-refractivity contribution in [3.8, 4) is 0 Å². The van der Waals surface area contributed by atoms with Gasteiger partial charge in [-0.3, -0.25) is 0 Å². The first-order valence-electron chi connectivity index (χ1n) is 3.29. The van der Waals surface area contributed by atoms with Gasteiger partial charge in [0.05, 0.1) is 5.97 Å². The molecule has 5 nitrogen and oxygen atoms in total. The molecule has 2 rings (SSSR count). The summed E-state index contributed by atoms with van der Waals surface area (Å²) >= 11 is 0. The number of aromatic carboxylic acids is 1. The first-order valence-corrected chi connectivity index (χ1v) is 3.29. The summed E-state index contributed by atoms with van der Waals surface area (Å²) in [6.45, 7) is 0. The summed E-state index contributed by atoms with van der Waals surface area (Å²) in [5, 5.41) is 20.3. The van der Waals surface area contributed by atoms with Gasteiger partial charge >= 0.3 is 51.4 Å².